The molecule has 1 aliphatic rings. The average molecular weight is 390 g/mol. The predicted molar refractivity (Wildman–Crippen MR) is 103 cm³/mol. The lowest BCUT2D eigenvalue weighted by Gasteiger charge is -2.34. The fourth-order valence-corrected chi connectivity index (χ4v) is 3.43. The number of piperazine rings is 1. The second-order valence-corrected chi connectivity index (χ2v) is 7.11. The van der Waals surface area contributed by atoms with Crippen molar-refractivity contribution in [2.45, 2.75) is 20.8 Å². The molecule has 1 aromatic carbocycles. The summed E-state index contributed by atoms with van der Waals surface area (Å²) in [5.74, 6) is 1.67. The van der Waals surface area contributed by atoms with Crippen LogP contribution in [-0.4, -0.2) is 47.6 Å². The molecular formula is C18H24BrN5. The minimum absolute atomic E-state index is 0.661. The van der Waals surface area contributed by atoms with Gasteiger partial charge in [0.25, 0.3) is 0 Å². The number of hydrogen-bond acceptors (Lipinski definition) is 5. The summed E-state index contributed by atoms with van der Waals surface area (Å²) < 4.78 is 1.07. The maximum Gasteiger partial charge on any atom is 0.229 e. The second-order valence-electron chi connectivity index (χ2n) is 6.20. The third-order valence-electron chi connectivity index (χ3n) is 4.42. The summed E-state index contributed by atoms with van der Waals surface area (Å²) in [4.78, 5) is 14.1. The summed E-state index contributed by atoms with van der Waals surface area (Å²) in [6.45, 7) is 11.6. The Balaban J connectivity index is 1.79. The lowest BCUT2D eigenvalue weighted by Crippen LogP contribution is -2.46. The van der Waals surface area contributed by atoms with Crippen LogP contribution in [0.15, 0.2) is 28.7 Å². The number of benzene rings is 1. The van der Waals surface area contributed by atoms with Gasteiger partial charge >= 0.3 is 0 Å². The topological polar surface area (TPSA) is 44.3 Å². The van der Waals surface area contributed by atoms with Gasteiger partial charge in [-0.2, -0.15) is 4.98 Å². The third-order valence-corrected chi connectivity index (χ3v) is 4.91. The molecule has 5 nitrogen and oxygen atoms in total. The highest BCUT2D eigenvalue weighted by atomic mass is 79.9. The Bertz CT molecular complexity index is 711. The van der Waals surface area contributed by atoms with Crippen molar-refractivity contribution in [3.05, 3.63) is 40.0 Å². The number of halogens is 1. The zero-order valence-corrected chi connectivity index (χ0v) is 16.1. The van der Waals surface area contributed by atoms with E-state index in [0.29, 0.717) is 5.95 Å². The molecule has 2 aromatic rings. The minimum Gasteiger partial charge on any atom is -0.354 e. The quantitative estimate of drug-likeness (QED) is 0.862. The Hall–Kier alpha value is -1.66. The summed E-state index contributed by atoms with van der Waals surface area (Å²) in [5, 5.41) is 3.36. The van der Waals surface area contributed by atoms with Gasteiger partial charge in [0.1, 0.15) is 5.82 Å². The van der Waals surface area contributed by atoms with E-state index in [1.54, 1.807) is 0 Å². The standard InChI is InChI=1S/C18H24BrN5/c1-4-23-7-9-24(10-8-23)17-12-14(3)20-18(22-17)21-16-6-5-15(19)11-13(16)2/h5-6,11-12H,4,7-10H2,1-3H3,(H,20,21,22). The van der Waals surface area contributed by atoms with Crippen LogP contribution in [0.5, 0.6) is 0 Å². The number of rotatable bonds is 4. The monoisotopic (exact) mass is 389 g/mol. The van der Waals surface area contributed by atoms with Crippen LogP contribution >= 0.6 is 15.9 Å². The van der Waals surface area contributed by atoms with E-state index in [1.165, 1.54) is 0 Å². The third kappa shape index (κ3) is 4.05. The summed E-state index contributed by atoms with van der Waals surface area (Å²) in [6.07, 6.45) is 0. The second kappa shape index (κ2) is 7.49. The van der Waals surface area contributed by atoms with Crippen molar-refractivity contribution in [1.29, 1.82) is 0 Å². The van der Waals surface area contributed by atoms with Gasteiger partial charge in [-0.3, -0.25) is 0 Å². The number of likely N-dealkylation sites (N-methyl/N-ethyl adjacent to an activating group) is 1. The highest BCUT2D eigenvalue weighted by Gasteiger charge is 2.18. The maximum atomic E-state index is 4.74. The largest absolute Gasteiger partial charge is 0.354 e. The summed E-state index contributed by atoms with van der Waals surface area (Å²) in [6, 6.07) is 8.23. The molecule has 1 saturated heterocycles. The van der Waals surface area contributed by atoms with Crippen molar-refractivity contribution >= 4 is 33.4 Å². The molecule has 0 unspecified atom stereocenters. The molecule has 2 heterocycles. The van der Waals surface area contributed by atoms with E-state index in [0.717, 1.165) is 60.0 Å². The fraction of sp³-hybridized carbons (Fsp3) is 0.444. The van der Waals surface area contributed by atoms with Gasteiger partial charge in [-0.05, 0) is 44.2 Å². The van der Waals surface area contributed by atoms with Crippen molar-refractivity contribution in [1.82, 2.24) is 14.9 Å². The van der Waals surface area contributed by atoms with Gasteiger partial charge in [-0.1, -0.05) is 22.9 Å². The van der Waals surface area contributed by atoms with E-state index in [4.69, 9.17) is 4.98 Å². The molecule has 1 aromatic heterocycles. The van der Waals surface area contributed by atoms with Crippen LogP contribution in [0.4, 0.5) is 17.5 Å². The smallest absolute Gasteiger partial charge is 0.229 e. The summed E-state index contributed by atoms with van der Waals surface area (Å²) in [5.41, 5.74) is 3.17. The molecule has 1 N–H and O–H groups in total. The average Bonchev–Trinajstić information content (AvgIpc) is 2.57. The van der Waals surface area contributed by atoms with E-state index in [1.807, 2.05) is 19.1 Å². The van der Waals surface area contributed by atoms with Crippen LogP contribution in [0.1, 0.15) is 18.2 Å². The van der Waals surface area contributed by atoms with E-state index in [2.05, 4.69) is 62.0 Å². The molecule has 6 heteroatoms. The van der Waals surface area contributed by atoms with Crippen molar-refractivity contribution in [2.75, 3.05) is 42.9 Å². The maximum absolute atomic E-state index is 4.74. The zero-order chi connectivity index (χ0) is 17.1. The lowest BCUT2D eigenvalue weighted by atomic mass is 10.2. The summed E-state index contributed by atoms with van der Waals surface area (Å²) >= 11 is 3.50. The SMILES string of the molecule is CCN1CCN(c2cc(C)nc(Nc3ccc(Br)cc3C)n2)CC1. The van der Waals surface area contributed by atoms with Gasteiger partial charge < -0.3 is 15.1 Å². The molecular weight excluding hydrogens is 366 g/mol. The van der Waals surface area contributed by atoms with Crippen molar-refractivity contribution in [2.24, 2.45) is 0 Å². The molecule has 0 spiro atoms. The molecule has 128 valence electrons. The Morgan fingerprint density at radius 2 is 1.83 bits per heavy atom. The predicted octanol–water partition coefficient (Wildman–Crippen LogP) is 3.74. The number of aryl methyl sites for hydroxylation is 2. The first-order chi connectivity index (χ1) is 11.5. The molecule has 1 aliphatic heterocycles. The van der Waals surface area contributed by atoms with E-state index in [-0.39, 0.29) is 0 Å². The number of nitrogens with one attached hydrogen (secondary N) is 1. The van der Waals surface area contributed by atoms with Gasteiger partial charge in [-0.15, -0.1) is 0 Å². The molecule has 24 heavy (non-hydrogen) atoms. The van der Waals surface area contributed by atoms with E-state index in [9.17, 15) is 0 Å². The molecule has 1 fully saturated rings. The van der Waals surface area contributed by atoms with Crippen LogP contribution in [-0.2, 0) is 0 Å². The fourth-order valence-electron chi connectivity index (χ4n) is 2.95. The van der Waals surface area contributed by atoms with Crippen LogP contribution < -0.4 is 10.2 Å². The van der Waals surface area contributed by atoms with Gasteiger partial charge in [0.2, 0.25) is 5.95 Å². The van der Waals surface area contributed by atoms with Crippen molar-refractivity contribution in [3.63, 3.8) is 0 Å². The molecule has 0 aliphatic carbocycles. The summed E-state index contributed by atoms with van der Waals surface area (Å²) in [7, 11) is 0. The van der Waals surface area contributed by atoms with Gasteiger partial charge in [0, 0.05) is 48.1 Å². The van der Waals surface area contributed by atoms with Crippen LogP contribution in [0.3, 0.4) is 0 Å². The number of aromatic nitrogens is 2. The van der Waals surface area contributed by atoms with E-state index < -0.39 is 0 Å². The molecule has 0 saturated carbocycles. The van der Waals surface area contributed by atoms with E-state index >= 15 is 0 Å². The lowest BCUT2D eigenvalue weighted by molar-refractivity contribution is 0.270. The van der Waals surface area contributed by atoms with Crippen LogP contribution in [0, 0.1) is 13.8 Å². The van der Waals surface area contributed by atoms with Gasteiger partial charge in [0.15, 0.2) is 0 Å². The van der Waals surface area contributed by atoms with Crippen molar-refractivity contribution in [3.8, 4) is 0 Å². The molecule has 0 radical (unpaired) electrons. The van der Waals surface area contributed by atoms with Gasteiger partial charge in [-0.25, -0.2) is 4.98 Å². The Morgan fingerprint density at radius 1 is 1.08 bits per heavy atom. The Labute approximate surface area is 152 Å². The molecule has 3 rings (SSSR count). The number of anilines is 3. The first kappa shape index (κ1) is 17.2. The zero-order valence-electron chi connectivity index (χ0n) is 14.5. The van der Waals surface area contributed by atoms with Crippen LogP contribution in [0.2, 0.25) is 0 Å². The number of hydrogen-bond donors (Lipinski definition) is 1. The Morgan fingerprint density at radius 3 is 2.50 bits per heavy atom. The van der Waals surface area contributed by atoms with Crippen molar-refractivity contribution < 1.29 is 0 Å². The first-order valence-electron chi connectivity index (χ1n) is 8.41. The normalized spacial score (nSPS) is 15.6. The number of nitrogens with zero attached hydrogens (tertiary/aromatic N) is 4. The molecule has 0 amide bonds. The highest BCUT2D eigenvalue weighted by Crippen LogP contribution is 2.24. The van der Waals surface area contributed by atoms with Crippen LogP contribution in [0.25, 0.3) is 0 Å². The highest BCUT2D eigenvalue weighted by molar-refractivity contribution is 9.10. The first-order valence-corrected chi connectivity index (χ1v) is 9.20. The molecule has 0 bridgehead atoms. The molecule has 0 atom stereocenters. The minimum atomic E-state index is 0.661. The Kier molecular flexibility index (Phi) is 5.36. The van der Waals surface area contributed by atoms with Gasteiger partial charge in [0.05, 0.1) is 0 Å².